The van der Waals surface area contributed by atoms with Gasteiger partial charge in [0.1, 0.15) is 5.44 Å². The van der Waals surface area contributed by atoms with Crippen LogP contribution in [-0.4, -0.2) is 27.8 Å². The summed E-state index contributed by atoms with van der Waals surface area (Å²) in [4.78, 5) is 0. The summed E-state index contributed by atoms with van der Waals surface area (Å²) in [5.41, 5.74) is 0.444. The van der Waals surface area contributed by atoms with Crippen LogP contribution < -0.4 is 0 Å². The Bertz CT molecular complexity index is 143. The molecule has 0 amide bonds. The molecule has 0 aromatic heterocycles. The Morgan fingerprint density at radius 3 is 2.29 bits per heavy atom. The first kappa shape index (κ1) is 12.7. The molecular formula is C11H22OS2. The van der Waals surface area contributed by atoms with E-state index in [0.717, 1.165) is 17.1 Å². The molecule has 0 N–H and O–H groups in total. The molecule has 1 aliphatic heterocycles. The van der Waals surface area contributed by atoms with Crippen LogP contribution in [0.25, 0.3) is 0 Å². The lowest BCUT2D eigenvalue weighted by molar-refractivity contribution is 0.0756. The van der Waals surface area contributed by atoms with Crippen LogP contribution in [0.15, 0.2) is 0 Å². The Morgan fingerprint density at radius 1 is 1.07 bits per heavy atom. The number of rotatable bonds is 4. The van der Waals surface area contributed by atoms with Crippen LogP contribution in [0.2, 0.25) is 0 Å². The highest BCUT2D eigenvalue weighted by atomic mass is 32.2. The molecule has 2 unspecified atom stereocenters. The topological polar surface area (TPSA) is 9.23 Å². The third-order valence-corrected chi connectivity index (χ3v) is 4.62. The van der Waals surface area contributed by atoms with Gasteiger partial charge in [-0.2, -0.15) is 11.8 Å². The van der Waals surface area contributed by atoms with Crippen LogP contribution in [0.5, 0.6) is 0 Å². The fourth-order valence-electron chi connectivity index (χ4n) is 1.64. The van der Waals surface area contributed by atoms with E-state index in [1.807, 2.05) is 11.8 Å². The second kappa shape index (κ2) is 6.29. The highest BCUT2D eigenvalue weighted by Crippen LogP contribution is 2.33. The molecule has 0 aliphatic carbocycles. The van der Waals surface area contributed by atoms with E-state index in [1.165, 1.54) is 12.8 Å². The summed E-state index contributed by atoms with van der Waals surface area (Å²) < 4.78 is 5.75. The quantitative estimate of drug-likeness (QED) is 0.733. The van der Waals surface area contributed by atoms with Crippen molar-refractivity contribution in [2.45, 2.75) is 61.7 Å². The summed E-state index contributed by atoms with van der Waals surface area (Å²) in [5, 5.41) is 2.26. The van der Waals surface area contributed by atoms with Crippen LogP contribution >= 0.6 is 23.5 Å². The number of hydrogen-bond donors (Lipinski definition) is 0. The van der Waals surface area contributed by atoms with Crippen LogP contribution in [0, 0.1) is 0 Å². The zero-order valence-electron chi connectivity index (χ0n) is 9.66. The maximum absolute atomic E-state index is 5.75. The van der Waals surface area contributed by atoms with Crippen LogP contribution in [0.3, 0.4) is 0 Å². The van der Waals surface area contributed by atoms with Gasteiger partial charge < -0.3 is 4.74 Å². The SMILES string of the molecule is CC(C)SC1CCOC(SC(C)C)C1. The molecule has 1 saturated heterocycles. The predicted molar refractivity (Wildman–Crippen MR) is 68.2 cm³/mol. The van der Waals surface area contributed by atoms with Crippen LogP contribution in [0.1, 0.15) is 40.5 Å². The first-order valence-electron chi connectivity index (χ1n) is 5.50. The van der Waals surface area contributed by atoms with Gasteiger partial charge in [0.2, 0.25) is 0 Å². The fourth-order valence-corrected chi connectivity index (χ4v) is 4.17. The van der Waals surface area contributed by atoms with E-state index in [0.29, 0.717) is 10.7 Å². The minimum Gasteiger partial charge on any atom is -0.368 e. The second-order valence-electron chi connectivity index (χ2n) is 4.32. The largest absolute Gasteiger partial charge is 0.368 e. The number of ether oxygens (including phenoxy) is 1. The van der Waals surface area contributed by atoms with Gasteiger partial charge in [-0.1, -0.05) is 27.7 Å². The van der Waals surface area contributed by atoms with Gasteiger partial charge in [0.05, 0.1) is 0 Å². The van der Waals surface area contributed by atoms with Gasteiger partial charge in [0.25, 0.3) is 0 Å². The molecule has 0 spiro atoms. The molecule has 1 nitrogen and oxygen atoms in total. The Labute approximate surface area is 96.7 Å². The lowest BCUT2D eigenvalue weighted by atomic mass is 10.2. The highest BCUT2D eigenvalue weighted by Gasteiger charge is 2.24. The van der Waals surface area contributed by atoms with E-state index in [9.17, 15) is 0 Å². The normalized spacial score (nSPS) is 28.7. The van der Waals surface area contributed by atoms with E-state index in [2.05, 4.69) is 39.5 Å². The maximum atomic E-state index is 5.75. The maximum Gasteiger partial charge on any atom is 0.104 e. The Hall–Kier alpha value is 0.660. The molecule has 1 rings (SSSR count). The molecule has 2 atom stereocenters. The molecule has 0 bridgehead atoms. The van der Waals surface area contributed by atoms with E-state index in [4.69, 9.17) is 4.74 Å². The predicted octanol–water partition coefficient (Wildman–Crippen LogP) is 3.77. The van der Waals surface area contributed by atoms with E-state index >= 15 is 0 Å². The molecule has 0 saturated carbocycles. The summed E-state index contributed by atoms with van der Waals surface area (Å²) in [5.74, 6) is 0. The van der Waals surface area contributed by atoms with Gasteiger partial charge in [-0.15, -0.1) is 11.8 Å². The van der Waals surface area contributed by atoms with Crippen LogP contribution in [-0.2, 0) is 4.74 Å². The van der Waals surface area contributed by atoms with E-state index in [-0.39, 0.29) is 0 Å². The van der Waals surface area contributed by atoms with E-state index < -0.39 is 0 Å². The lowest BCUT2D eigenvalue weighted by Gasteiger charge is -2.30. The van der Waals surface area contributed by atoms with Gasteiger partial charge in [0.15, 0.2) is 0 Å². The molecule has 84 valence electrons. The minimum absolute atomic E-state index is 0.444. The third-order valence-electron chi connectivity index (χ3n) is 2.09. The highest BCUT2D eigenvalue weighted by molar-refractivity contribution is 8.01. The molecule has 14 heavy (non-hydrogen) atoms. The van der Waals surface area contributed by atoms with Gasteiger partial charge >= 0.3 is 0 Å². The van der Waals surface area contributed by atoms with Gasteiger partial charge in [-0.3, -0.25) is 0 Å². The monoisotopic (exact) mass is 234 g/mol. The molecular weight excluding hydrogens is 212 g/mol. The van der Waals surface area contributed by atoms with Crippen molar-refractivity contribution < 1.29 is 4.74 Å². The minimum atomic E-state index is 0.444. The van der Waals surface area contributed by atoms with Gasteiger partial charge in [0, 0.05) is 17.1 Å². The lowest BCUT2D eigenvalue weighted by Crippen LogP contribution is -2.26. The first-order valence-corrected chi connectivity index (χ1v) is 7.39. The zero-order chi connectivity index (χ0) is 10.6. The Morgan fingerprint density at radius 2 is 1.71 bits per heavy atom. The third kappa shape index (κ3) is 4.94. The standard InChI is InChI=1S/C11H22OS2/c1-8(2)13-10-5-6-12-11(7-10)14-9(3)4/h8-11H,5-7H2,1-4H3. The van der Waals surface area contributed by atoms with E-state index in [1.54, 1.807) is 0 Å². The van der Waals surface area contributed by atoms with Crippen LogP contribution in [0.4, 0.5) is 0 Å². The van der Waals surface area contributed by atoms with Crippen molar-refractivity contribution in [3.63, 3.8) is 0 Å². The molecule has 3 heteroatoms. The number of hydrogen-bond acceptors (Lipinski definition) is 3. The number of thioether (sulfide) groups is 2. The Kier molecular flexibility index (Phi) is 5.72. The molecule has 1 fully saturated rings. The summed E-state index contributed by atoms with van der Waals surface area (Å²) in [6, 6.07) is 0. The van der Waals surface area contributed by atoms with Crippen molar-refractivity contribution in [2.24, 2.45) is 0 Å². The first-order chi connectivity index (χ1) is 6.58. The molecule has 1 heterocycles. The average Bonchev–Trinajstić information content (AvgIpc) is 2.01. The molecule has 0 aromatic rings. The molecule has 0 aromatic carbocycles. The van der Waals surface area contributed by atoms with Gasteiger partial charge in [-0.25, -0.2) is 0 Å². The van der Waals surface area contributed by atoms with Crippen molar-refractivity contribution >= 4 is 23.5 Å². The second-order valence-corrected chi connectivity index (χ2v) is 7.94. The van der Waals surface area contributed by atoms with Crippen molar-refractivity contribution in [3.05, 3.63) is 0 Å². The smallest absolute Gasteiger partial charge is 0.104 e. The van der Waals surface area contributed by atoms with Crippen molar-refractivity contribution in [1.82, 2.24) is 0 Å². The molecule has 0 radical (unpaired) electrons. The summed E-state index contributed by atoms with van der Waals surface area (Å²) in [6.07, 6.45) is 2.46. The summed E-state index contributed by atoms with van der Waals surface area (Å²) in [6.45, 7) is 10.0. The zero-order valence-corrected chi connectivity index (χ0v) is 11.3. The fraction of sp³-hybridized carbons (Fsp3) is 1.00. The summed E-state index contributed by atoms with van der Waals surface area (Å²) in [7, 11) is 0. The van der Waals surface area contributed by atoms with Crippen molar-refractivity contribution in [1.29, 1.82) is 0 Å². The van der Waals surface area contributed by atoms with Crippen molar-refractivity contribution in [3.8, 4) is 0 Å². The Balaban J connectivity index is 2.28. The molecule has 1 aliphatic rings. The summed E-state index contributed by atoms with van der Waals surface area (Å²) >= 11 is 4.08. The van der Waals surface area contributed by atoms with Gasteiger partial charge in [-0.05, 0) is 18.1 Å². The van der Waals surface area contributed by atoms with Crippen molar-refractivity contribution in [2.75, 3.05) is 6.61 Å². The average molecular weight is 234 g/mol.